The zero-order valence-electron chi connectivity index (χ0n) is 9.68. The van der Waals surface area contributed by atoms with Gasteiger partial charge in [-0.3, -0.25) is 4.79 Å². The molecule has 0 aromatic carbocycles. The molecule has 1 aliphatic rings. The third-order valence-corrected chi connectivity index (χ3v) is 3.21. The van der Waals surface area contributed by atoms with E-state index in [4.69, 9.17) is 22.5 Å². The Morgan fingerprint density at radius 2 is 2.41 bits per heavy atom. The molecule has 2 rings (SSSR count). The van der Waals surface area contributed by atoms with Gasteiger partial charge in [-0.15, -0.1) is 0 Å². The highest BCUT2D eigenvalue weighted by molar-refractivity contribution is 7.80. The number of carbonyl (C=O) groups excluding carboxylic acids is 1. The molecule has 0 radical (unpaired) electrons. The summed E-state index contributed by atoms with van der Waals surface area (Å²) in [6, 6.07) is 1.48. The number of carbonyl (C=O) groups is 1. The normalized spacial score (nSPS) is 20.3. The maximum Gasteiger partial charge on any atom is 0.276 e. The van der Waals surface area contributed by atoms with E-state index in [1.165, 1.54) is 0 Å². The lowest BCUT2D eigenvalue weighted by atomic mass is 10.0. The van der Waals surface area contributed by atoms with Crippen LogP contribution in [0, 0.1) is 6.92 Å². The lowest BCUT2D eigenvalue weighted by Crippen LogP contribution is -2.49. The zero-order chi connectivity index (χ0) is 12.4. The highest BCUT2D eigenvalue weighted by atomic mass is 32.1. The van der Waals surface area contributed by atoms with Crippen LogP contribution in [0.2, 0.25) is 0 Å². The Hall–Kier alpha value is -1.43. The number of nitrogens with two attached hydrogens (primary N) is 1. The molecule has 5 nitrogen and oxygen atoms in total. The van der Waals surface area contributed by atoms with Crippen molar-refractivity contribution >= 4 is 23.1 Å². The van der Waals surface area contributed by atoms with Crippen LogP contribution in [0.25, 0.3) is 0 Å². The van der Waals surface area contributed by atoms with Gasteiger partial charge in [0.05, 0.1) is 11.0 Å². The van der Waals surface area contributed by atoms with E-state index in [0.717, 1.165) is 19.3 Å². The predicted octanol–water partition coefficient (Wildman–Crippen LogP) is 1.26. The molecule has 1 aliphatic heterocycles. The number of thiocarbonyl (C=S) groups is 1. The summed E-state index contributed by atoms with van der Waals surface area (Å²) in [6.45, 7) is 2.43. The second-order valence-electron chi connectivity index (χ2n) is 4.24. The molecule has 1 aromatic rings. The molecule has 0 aliphatic carbocycles. The highest BCUT2D eigenvalue weighted by Crippen LogP contribution is 2.19. The molecule has 1 saturated heterocycles. The molecule has 0 spiro atoms. The first-order valence-electron chi connectivity index (χ1n) is 5.63. The molecule has 1 amide bonds. The fraction of sp³-hybridized carbons (Fsp3) is 0.545. The molecule has 1 atom stereocenters. The maximum atomic E-state index is 12.2. The number of nitrogens with zero attached hydrogens (tertiary/aromatic N) is 2. The van der Waals surface area contributed by atoms with E-state index >= 15 is 0 Å². The molecule has 2 N–H and O–H groups in total. The van der Waals surface area contributed by atoms with Crippen LogP contribution in [-0.4, -0.2) is 33.5 Å². The first-order chi connectivity index (χ1) is 8.09. The number of likely N-dealkylation sites (tertiary alicyclic amines) is 1. The Morgan fingerprint density at radius 1 is 1.65 bits per heavy atom. The third kappa shape index (κ3) is 2.46. The molecule has 1 unspecified atom stereocenters. The van der Waals surface area contributed by atoms with E-state index < -0.39 is 0 Å². The van der Waals surface area contributed by atoms with Crippen molar-refractivity contribution < 1.29 is 9.32 Å². The summed E-state index contributed by atoms with van der Waals surface area (Å²) in [5, 5.41) is 3.73. The Morgan fingerprint density at radius 3 is 3.00 bits per heavy atom. The first-order valence-corrected chi connectivity index (χ1v) is 6.04. The van der Waals surface area contributed by atoms with Crippen molar-refractivity contribution in [1.82, 2.24) is 10.1 Å². The van der Waals surface area contributed by atoms with Gasteiger partial charge in [0.15, 0.2) is 5.69 Å². The van der Waals surface area contributed by atoms with Crippen LogP contribution in [0.15, 0.2) is 10.6 Å². The SMILES string of the molecule is Cc1cc(C(=O)N2CCCCC2C(N)=S)no1. The average molecular weight is 253 g/mol. The lowest BCUT2D eigenvalue weighted by molar-refractivity contribution is 0.0671. The number of hydrogen-bond donors (Lipinski definition) is 1. The van der Waals surface area contributed by atoms with Crippen molar-refractivity contribution in [3.8, 4) is 0 Å². The lowest BCUT2D eigenvalue weighted by Gasteiger charge is -2.34. The molecule has 92 valence electrons. The van der Waals surface area contributed by atoms with E-state index in [1.54, 1.807) is 17.9 Å². The predicted molar refractivity (Wildman–Crippen MR) is 66.7 cm³/mol. The molecule has 17 heavy (non-hydrogen) atoms. The summed E-state index contributed by atoms with van der Waals surface area (Å²) in [7, 11) is 0. The number of piperidine rings is 1. The average Bonchev–Trinajstić information content (AvgIpc) is 2.75. The summed E-state index contributed by atoms with van der Waals surface area (Å²) >= 11 is 5.01. The number of aryl methyl sites for hydroxylation is 1. The molecule has 1 fully saturated rings. The Labute approximate surface area is 105 Å². The second-order valence-corrected chi connectivity index (χ2v) is 4.71. The standard InChI is InChI=1S/C11H15N3O2S/c1-7-6-8(13-16-7)11(15)14-5-3-2-4-9(14)10(12)17/h6,9H,2-5H2,1H3,(H2,12,17). The number of hydrogen-bond acceptors (Lipinski definition) is 4. The van der Waals surface area contributed by atoms with Crippen molar-refractivity contribution in [1.29, 1.82) is 0 Å². The van der Waals surface area contributed by atoms with Gasteiger partial charge in [-0.05, 0) is 26.2 Å². The Kier molecular flexibility index (Phi) is 3.42. The van der Waals surface area contributed by atoms with Crippen molar-refractivity contribution in [2.75, 3.05) is 6.54 Å². The summed E-state index contributed by atoms with van der Waals surface area (Å²) in [4.78, 5) is 14.3. The highest BCUT2D eigenvalue weighted by Gasteiger charge is 2.30. The van der Waals surface area contributed by atoms with Crippen LogP contribution < -0.4 is 5.73 Å². The fourth-order valence-corrected chi connectivity index (χ4v) is 2.33. The van der Waals surface area contributed by atoms with Gasteiger partial charge in [-0.25, -0.2) is 0 Å². The number of aromatic nitrogens is 1. The minimum Gasteiger partial charge on any atom is -0.392 e. The van der Waals surface area contributed by atoms with E-state index in [2.05, 4.69) is 5.16 Å². The summed E-state index contributed by atoms with van der Waals surface area (Å²) in [5.74, 6) is 0.469. The second kappa shape index (κ2) is 4.83. The summed E-state index contributed by atoms with van der Waals surface area (Å²) < 4.78 is 4.91. The van der Waals surface area contributed by atoms with Gasteiger partial charge in [0, 0.05) is 12.6 Å². The molecular weight excluding hydrogens is 238 g/mol. The molecule has 1 aromatic heterocycles. The number of rotatable bonds is 2. The van der Waals surface area contributed by atoms with Gasteiger partial charge >= 0.3 is 0 Å². The van der Waals surface area contributed by atoms with Crippen LogP contribution in [0.3, 0.4) is 0 Å². The van der Waals surface area contributed by atoms with Crippen molar-refractivity contribution in [2.45, 2.75) is 32.2 Å². The molecule has 6 heteroatoms. The van der Waals surface area contributed by atoms with Gasteiger partial charge in [0.25, 0.3) is 5.91 Å². The van der Waals surface area contributed by atoms with Crippen molar-refractivity contribution in [3.63, 3.8) is 0 Å². The Balaban J connectivity index is 2.19. The van der Waals surface area contributed by atoms with E-state index in [1.807, 2.05) is 0 Å². The van der Waals surface area contributed by atoms with Gasteiger partial charge in [0.1, 0.15) is 5.76 Å². The van der Waals surface area contributed by atoms with E-state index in [-0.39, 0.29) is 11.9 Å². The third-order valence-electron chi connectivity index (χ3n) is 2.94. The van der Waals surface area contributed by atoms with Crippen LogP contribution >= 0.6 is 12.2 Å². The van der Waals surface area contributed by atoms with Gasteiger partial charge in [0.2, 0.25) is 0 Å². The summed E-state index contributed by atoms with van der Waals surface area (Å²) in [5.41, 5.74) is 6.00. The fourth-order valence-electron chi connectivity index (χ4n) is 2.08. The van der Waals surface area contributed by atoms with Crippen LogP contribution in [0.4, 0.5) is 0 Å². The minimum absolute atomic E-state index is 0.150. The van der Waals surface area contributed by atoms with Crippen LogP contribution in [-0.2, 0) is 0 Å². The molecular formula is C11H15N3O2S. The van der Waals surface area contributed by atoms with Crippen molar-refractivity contribution in [2.24, 2.45) is 5.73 Å². The maximum absolute atomic E-state index is 12.2. The first kappa shape index (κ1) is 12.0. The largest absolute Gasteiger partial charge is 0.392 e. The zero-order valence-corrected chi connectivity index (χ0v) is 10.5. The molecule has 2 heterocycles. The van der Waals surface area contributed by atoms with Gasteiger partial charge in [-0.1, -0.05) is 17.4 Å². The molecule has 0 saturated carbocycles. The van der Waals surface area contributed by atoms with Gasteiger partial charge < -0.3 is 15.2 Å². The van der Waals surface area contributed by atoms with E-state index in [9.17, 15) is 4.79 Å². The van der Waals surface area contributed by atoms with E-state index in [0.29, 0.717) is 23.0 Å². The quantitative estimate of drug-likeness (QED) is 0.803. The van der Waals surface area contributed by atoms with Gasteiger partial charge in [-0.2, -0.15) is 0 Å². The monoisotopic (exact) mass is 253 g/mol. The summed E-state index contributed by atoms with van der Waals surface area (Å²) in [6.07, 6.45) is 2.85. The Bertz CT molecular complexity index is 444. The van der Waals surface area contributed by atoms with Crippen molar-refractivity contribution in [3.05, 3.63) is 17.5 Å². The smallest absolute Gasteiger partial charge is 0.276 e. The van der Waals surface area contributed by atoms with Crippen LogP contribution in [0.5, 0.6) is 0 Å². The molecule has 0 bridgehead atoms. The van der Waals surface area contributed by atoms with Crippen LogP contribution in [0.1, 0.15) is 35.5 Å². The minimum atomic E-state index is -0.153. The number of amides is 1. The topological polar surface area (TPSA) is 72.4 Å².